The molecule has 0 saturated carbocycles. The van der Waals surface area contributed by atoms with Gasteiger partial charge in [0, 0.05) is 17.5 Å². The Hall–Kier alpha value is -3.22. The van der Waals surface area contributed by atoms with Gasteiger partial charge in [0.1, 0.15) is 11.8 Å². The van der Waals surface area contributed by atoms with E-state index in [4.69, 9.17) is 19.5 Å². The molecule has 0 radical (unpaired) electrons. The van der Waals surface area contributed by atoms with Gasteiger partial charge in [-0.3, -0.25) is 0 Å². The number of ether oxygens (including phenoxy) is 1. The van der Waals surface area contributed by atoms with Gasteiger partial charge < -0.3 is 19.7 Å². The van der Waals surface area contributed by atoms with Crippen molar-refractivity contribution >= 4 is 27.1 Å². The topological polar surface area (TPSA) is 170 Å². The lowest BCUT2D eigenvalue weighted by atomic mass is 10.0. The zero-order valence-corrected chi connectivity index (χ0v) is 17.6. The third kappa shape index (κ3) is 5.90. The van der Waals surface area contributed by atoms with Crippen LogP contribution in [0.25, 0.3) is 22.2 Å². The van der Waals surface area contributed by atoms with Crippen molar-refractivity contribution in [2.24, 2.45) is 5.14 Å². The van der Waals surface area contributed by atoms with E-state index in [0.29, 0.717) is 30.8 Å². The van der Waals surface area contributed by atoms with Crippen LogP contribution in [0.5, 0.6) is 5.75 Å². The maximum absolute atomic E-state index is 11.2. The molecule has 11 nitrogen and oxygen atoms in total. The number of methoxy groups -OCH3 is 1. The number of rotatable bonds is 10. The summed E-state index contributed by atoms with van der Waals surface area (Å²) < 4.78 is 34.7. The van der Waals surface area contributed by atoms with Gasteiger partial charge in [0.15, 0.2) is 0 Å². The molecule has 1 amide bonds. The van der Waals surface area contributed by atoms with Crippen LogP contribution < -0.4 is 19.9 Å². The number of fused-ring (bicyclic) bond motifs is 1. The van der Waals surface area contributed by atoms with E-state index in [9.17, 15) is 13.2 Å². The van der Waals surface area contributed by atoms with Crippen LogP contribution >= 0.6 is 0 Å². The summed E-state index contributed by atoms with van der Waals surface area (Å²) in [7, 11) is -2.16. The van der Waals surface area contributed by atoms with Crippen LogP contribution in [0, 0.1) is 0 Å². The van der Waals surface area contributed by atoms with Gasteiger partial charge in [-0.25, -0.2) is 14.7 Å². The number of nitrogens with one attached hydrogen (secondary N) is 2. The number of carboxylic acid groups (broad SMARTS) is 1. The number of aromatic nitrogens is 2. The number of unbranched alkanes of at least 4 members (excludes halogenated alkanes) is 1. The predicted octanol–water partition coefficient (Wildman–Crippen LogP) is 2.17. The summed E-state index contributed by atoms with van der Waals surface area (Å²) >= 11 is 0. The molecule has 5 N–H and O–H groups in total. The first-order valence-corrected chi connectivity index (χ1v) is 11.0. The summed E-state index contributed by atoms with van der Waals surface area (Å²) in [5.41, 5.74) is 0.720. The van der Waals surface area contributed by atoms with Gasteiger partial charge in [-0.15, -0.1) is 0 Å². The smallest absolute Gasteiger partial charge is 0.405 e. The lowest BCUT2D eigenvalue weighted by Crippen LogP contribution is -2.31. The summed E-state index contributed by atoms with van der Waals surface area (Å²) in [6, 6.07) is 10.5. The van der Waals surface area contributed by atoms with Crippen molar-refractivity contribution in [3.8, 4) is 17.1 Å². The highest BCUT2D eigenvalue weighted by Gasteiger charge is 2.22. The number of amides is 1. The zero-order chi connectivity index (χ0) is 22.4. The second kappa shape index (κ2) is 9.73. The number of benzene rings is 2. The molecule has 1 unspecified atom stereocenters. The van der Waals surface area contributed by atoms with Crippen molar-refractivity contribution in [1.29, 1.82) is 0 Å². The van der Waals surface area contributed by atoms with E-state index >= 15 is 0 Å². The normalized spacial score (nSPS) is 12.6. The van der Waals surface area contributed by atoms with Crippen LogP contribution in [0.3, 0.4) is 0 Å². The molecule has 0 spiro atoms. The van der Waals surface area contributed by atoms with E-state index in [2.05, 4.69) is 20.2 Å². The van der Waals surface area contributed by atoms with Gasteiger partial charge in [-0.2, -0.15) is 13.4 Å². The fourth-order valence-corrected chi connectivity index (χ4v) is 3.65. The van der Waals surface area contributed by atoms with Crippen LogP contribution in [0.2, 0.25) is 0 Å². The van der Waals surface area contributed by atoms with E-state index in [0.717, 1.165) is 16.3 Å². The molecule has 3 aromatic rings. The minimum atomic E-state index is -3.76. The molecule has 0 bridgehead atoms. The first kappa shape index (κ1) is 22.5. The second-order valence-corrected chi connectivity index (χ2v) is 8.13. The van der Waals surface area contributed by atoms with E-state index in [-0.39, 0.29) is 12.4 Å². The molecule has 3 rings (SSSR count). The minimum Gasteiger partial charge on any atom is -0.496 e. The standard InChI is InChI=1S/C19H23N5O6S/c1-29-16-10-9-14(12-6-2-3-7-13(12)16)17-23-18(30-24-17)15(22-19(25)26)8-4-5-11-21-31(20,27)28/h2-3,6-7,9-10,15,21-22H,4-5,8,11H2,1H3,(H,25,26)(H2,20,27,28). The Morgan fingerprint density at radius 1 is 1.23 bits per heavy atom. The third-order valence-corrected chi connectivity index (χ3v) is 5.21. The molecule has 0 fully saturated rings. The van der Waals surface area contributed by atoms with Crippen molar-refractivity contribution in [3.63, 3.8) is 0 Å². The van der Waals surface area contributed by atoms with E-state index in [1.807, 2.05) is 30.3 Å². The molecule has 2 aromatic carbocycles. The lowest BCUT2D eigenvalue weighted by Gasteiger charge is -2.12. The Morgan fingerprint density at radius 3 is 2.65 bits per heavy atom. The van der Waals surface area contributed by atoms with Gasteiger partial charge in [-0.1, -0.05) is 29.4 Å². The van der Waals surface area contributed by atoms with Crippen LogP contribution in [0.4, 0.5) is 4.79 Å². The van der Waals surface area contributed by atoms with Gasteiger partial charge in [0.05, 0.1) is 7.11 Å². The van der Waals surface area contributed by atoms with Crippen LogP contribution in [-0.2, 0) is 10.2 Å². The number of hydrogen-bond acceptors (Lipinski definition) is 7. The van der Waals surface area contributed by atoms with Crippen molar-refractivity contribution in [3.05, 3.63) is 42.3 Å². The first-order chi connectivity index (χ1) is 14.8. The van der Waals surface area contributed by atoms with Gasteiger partial charge in [0.25, 0.3) is 10.2 Å². The van der Waals surface area contributed by atoms with Crippen molar-refractivity contribution in [2.45, 2.75) is 25.3 Å². The Balaban J connectivity index is 1.79. The Bertz CT molecular complexity index is 1160. The van der Waals surface area contributed by atoms with E-state index in [1.165, 1.54) is 0 Å². The maximum Gasteiger partial charge on any atom is 0.405 e. The van der Waals surface area contributed by atoms with Crippen molar-refractivity contribution in [1.82, 2.24) is 20.2 Å². The molecular formula is C19H23N5O6S. The second-order valence-electron chi connectivity index (χ2n) is 6.75. The number of nitrogens with zero attached hydrogens (tertiary/aromatic N) is 2. The van der Waals surface area contributed by atoms with E-state index in [1.54, 1.807) is 13.2 Å². The highest BCUT2D eigenvalue weighted by atomic mass is 32.2. The summed E-state index contributed by atoms with van der Waals surface area (Å²) in [6.07, 6.45) is 0.0563. The number of nitrogens with two attached hydrogens (primary N) is 1. The Labute approximate surface area is 178 Å². The predicted molar refractivity (Wildman–Crippen MR) is 113 cm³/mol. The fraction of sp³-hybridized carbons (Fsp3) is 0.316. The van der Waals surface area contributed by atoms with Gasteiger partial charge >= 0.3 is 6.09 Å². The molecule has 0 aliphatic carbocycles. The minimum absolute atomic E-state index is 0.122. The molecule has 0 saturated heterocycles. The molecule has 0 aliphatic rings. The zero-order valence-electron chi connectivity index (χ0n) is 16.7. The van der Waals surface area contributed by atoms with Crippen LogP contribution in [0.1, 0.15) is 31.2 Å². The highest BCUT2D eigenvalue weighted by Crippen LogP contribution is 2.33. The number of hydrogen-bond donors (Lipinski definition) is 4. The van der Waals surface area contributed by atoms with Crippen LogP contribution in [-0.4, -0.2) is 43.4 Å². The van der Waals surface area contributed by atoms with Gasteiger partial charge in [-0.05, 0) is 36.8 Å². The van der Waals surface area contributed by atoms with E-state index < -0.39 is 22.3 Å². The maximum atomic E-state index is 11.2. The molecule has 166 valence electrons. The van der Waals surface area contributed by atoms with Crippen molar-refractivity contribution in [2.75, 3.05) is 13.7 Å². The summed E-state index contributed by atoms with van der Waals surface area (Å²) in [4.78, 5) is 15.6. The van der Waals surface area contributed by atoms with Gasteiger partial charge in [0.2, 0.25) is 11.7 Å². The Kier molecular flexibility index (Phi) is 7.05. The largest absolute Gasteiger partial charge is 0.496 e. The lowest BCUT2D eigenvalue weighted by molar-refractivity contribution is 0.184. The molecular weight excluding hydrogens is 426 g/mol. The highest BCUT2D eigenvalue weighted by molar-refractivity contribution is 7.87. The first-order valence-electron chi connectivity index (χ1n) is 9.45. The monoisotopic (exact) mass is 449 g/mol. The SMILES string of the molecule is COc1ccc(-c2noc(C(CCCCNS(N)(=O)=O)NC(=O)O)n2)c2ccccc12. The molecule has 31 heavy (non-hydrogen) atoms. The van der Waals surface area contributed by atoms with Crippen molar-refractivity contribution < 1.29 is 27.6 Å². The number of carbonyl (C=O) groups is 1. The summed E-state index contributed by atoms with van der Waals surface area (Å²) in [5, 5.41) is 22.2. The Morgan fingerprint density at radius 2 is 1.97 bits per heavy atom. The molecule has 1 aromatic heterocycles. The quantitative estimate of drug-likeness (QED) is 0.341. The molecule has 12 heteroatoms. The van der Waals surface area contributed by atoms with Crippen LogP contribution in [0.15, 0.2) is 40.9 Å². The molecule has 1 heterocycles. The summed E-state index contributed by atoms with van der Waals surface area (Å²) in [5.74, 6) is 1.15. The average Bonchev–Trinajstić information content (AvgIpc) is 3.20. The molecule has 0 aliphatic heterocycles. The summed E-state index contributed by atoms with van der Waals surface area (Å²) in [6.45, 7) is 0.144. The average molecular weight is 449 g/mol. The molecule has 1 atom stereocenters. The third-order valence-electron chi connectivity index (χ3n) is 4.61. The fourth-order valence-electron chi connectivity index (χ4n) is 3.22.